The van der Waals surface area contributed by atoms with Gasteiger partial charge in [0, 0.05) is 6.42 Å². The smallest absolute Gasteiger partial charge is 0.326 e. The SMILES string of the molecule is CCCCCCCC/C=C/CCCCCCCC(=O)NC(CC(C)C)C(=O)O. The molecular formula is C24H45NO3. The molecule has 0 heterocycles. The summed E-state index contributed by atoms with van der Waals surface area (Å²) in [6.45, 7) is 6.18. The topological polar surface area (TPSA) is 66.4 Å². The van der Waals surface area contributed by atoms with Crippen LogP contribution < -0.4 is 5.32 Å². The number of carboxylic acids is 1. The fourth-order valence-corrected chi connectivity index (χ4v) is 3.32. The first-order valence-electron chi connectivity index (χ1n) is 11.6. The molecule has 0 aliphatic carbocycles. The number of carbonyl (C=O) groups excluding carboxylic acids is 1. The van der Waals surface area contributed by atoms with Gasteiger partial charge in [0.2, 0.25) is 5.91 Å². The number of amides is 1. The van der Waals surface area contributed by atoms with Gasteiger partial charge in [-0.1, -0.05) is 84.3 Å². The van der Waals surface area contributed by atoms with E-state index in [1.807, 2.05) is 13.8 Å². The summed E-state index contributed by atoms with van der Waals surface area (Å²) in [5.74, 6) is -0.821. The molecular weight excluding hydrogens is 350 g/mol. The van der Waals surface area contributed by atoms with Gasteiger partial charge >= 0.3 is 5.97 Å². The Labute approximate surface area is 173 Å². The van der Waals surface area contributed by atoms with Crippen LogP contribution in [0.2, 0.25) is 0 Å². The lowest BCUT2D eigenvalue weighted by Crippen LogP contribution is -2.41. The molecule has 1 amide bonds. The maximum Gasteiger partial charge on any atom is 0.326 e. The minimum absolute atomic E-state index is 0.134. The second-order valence-corrected chi connectivity index (χ2v) is 8.42. The van der Waals surface area contributed by atoms with Crippen LogP contribution in [0.15, 0.2) is 12.2 Å². The molecule has 0 aromatic carbocycles. The van der Waals surface area contributed by atoms with Gasteiger partial charge in [-0.2, -0.15) is 0 Å². The average Bonchev–Trinajstić information content (AvgIpc) is 2.64. The summed E-state index contributed by atoms with van der Waals surface area (Å²) in [5.41, 5.74) is 0. The molecule has 0 bridgehead atoms. The highest BCUT2D eigenvalue weighted by atomic mass is 16.4. The van der Waals surface area contributed by atoms with Gasteiger partial charge in [0.15, 0.2) is 0 Å². The first-order chi connectivity index (χ1) is 13.5. The largest absolute Gasteiger partial charge is 0.480 e. The molecule has 0 radical (unpaired) electrons. The fourth-order valence-electron chi connectivity index (χ4n) is 3.32. The van der Waals surface area contributed by atoms with E-state index in [2.05, 4.69) is 24.4 Å². The Morgan fingerprint density at radius 3 is 1.82 bits per heavy atom. The quantitative estimate of drug-likeness (QED) is 0.190. The summed E-state index contributed by atoms with van der Waals surface area (Å²) in [7, 11) is 0. The van der Waals surface area contributed by atoms with E-state index in [0.717, 1.165) is 25.7 Å². The zero-order valence-electron chi connectivity index (χ0n) is 18.7. The Hall–Kier alpha value is -1.32. The molecule has 1 atom stereocenters. The van der Waals surface area contributed by atoms with Crippen molar-refractivity contribution < 1.29 is 14.7 Å². The summed E-state index contributed by atoms with van der Waals surface area (Å²) >= 11 is 0. The molecule has 28 heavy (non-hydrogen) atoms. The minimum atomic E-state index is -0.938. The lowest BCUT2D eigenvalue weighted by atomic mass is 10.0. The van der Waals surface area contributed by atoms with Crippen molar-refractivity contribution in [3.05, 3.63) is 12.2 Å². The summed E-state index contributed by atoms with van der Waals surface area (Å²) in [6, 6.07) is -0.754. The Morgan fingerprint density at radius 1 is 0.821 bits per heavy atom. The molecule has 0 spiro atoms. The van der Waals surface area contributed by atoms with Gasteiger partial charge in [0.25, 0.3) is 0 Å². The van der Waals surface area contributed by atoms with Gasteiger partial charge in [-0.3, -0.25) is 4.79 Å². The Balaban J connectivity index is 3.50. The highest BCUT2D eigenvalue weighted by Gasteiger charge is 2.20. The number of allylic oxidation sites excluding steroid dienone is 2. The number of hydrogen-bond acceptors (Lipinski definition) is 2. The predicted octanol–water partition coefficient (Wildman–Crippen LogP) is 6.64. The summed E-state index contributed by atoms with van der Waals surface area (Å²) < 4.78 is 0. The minimum Gasteiger partial charge on any atom is -0.480 e. The number of rotatable bonds is 19. The van der Waals surface area contributed by atoms with E-state index in [4.69, 9.17) is 5.11 Å². The lowest BCUT2D eigenvalue weighted by molar-refractivity contribution is -0.142. The Kier molecular flexibility index (Phi) is 18.1. The predicted molar refractivity (Wildman–Crippen MR) is 118 cm³/mol. The molecule has 0 aliphatic heterocycles. The van der Waals surface area contributed by atoms with Crippen LogP contribution in [0.4, 0.5) is 0 Å². The Bertz CT molecular complexity index is 418. The first kappa shape index (κ1) is 26.7. The molecule has 0 saturated carbocycles. The highest BCUT2D eigenvalue weighted by molar-refractivity contribution is 5.83. The van der Waals surface area contributed by atoms with E-state index >= 15 is 0 Å². The maximum atomic E-state index is 11.9. The van der Waals surface area contributed by atoms with Crippen molar-refractivity contribution in [3.63, 3.8) is 0 Å². The lowest BCUT2D eigenvalue weighted by Gasteiger charge is -2.16. The van der Waals surface area contributed by atoms with Crippen molar-refractivity contribution in [1.29, 1.82) is 0 Å². The molecule has 2 N–H and O–H groups in total. The summed E-state index contributed by atoms with van der Waals surface area (Å²) in [4.78, 5) is 23.1. The molecule has 0 aromatic rings. The maximum absolute atomic E-state index is 11.9. The monoisotopic (exact) mass is 395 g/mol. The number of hydrogen-bond donors (Lipinski definition) is 2. The van der Waals surface area contributed by atoms with Crippen molar-refractivity contribution in [2.75, 3.05) is 0 Å². The molecule has 0 saturated heterocycles. The third-order valence-electron chi connectivity index (χ3n) is 5.01. The van der Waals surface area contributed by atoms with Crippen LogP contribution >= 0.6 is 0 Å². The number of carbonyl (C=O) groups is 2. The zero-order valence-corrected chi connectivity index (χ0v) is 18.7. The molecule has 0 aromatic heterocycles. The molecule has 0 rings (SSSR count). The summed E-state index contributed by atoms with van der Waals surface area (Å²) in [6.07, 6.45) is 21.5. The molecule has 4 nitrogen and oxygen atoms in total. The van der Waals surface area contributed by atoms with Crippen molar-refractivity contribution >= 4 is 11.9 Å². The van der Waals surface area contributed by atoms with Gasteiger partial charge in [0.05, 0.1) is 0 Å². The van der Waals surface area contributed by atoms with Gasteiger partial charge < -0.3 is 10.4 Å². The zero-order chi connectivity index (χ0) is 21.0. The van der Waals surface area contributed by atoms with E-state index in [0.29, 0.717) is 12.8 Å². The van der Waals surface area contributed by atoms with Gasteiger partial charge in [-0.15, -0.1) is 0 Å². The van der Waals surface area contributed by atoms with Crippen molar-refractivity contribution in [1.82, 2.24) is 5.32 Å². The standard InChI is InChI=1S/C24H45NO3/c1-4-5-6-7-8-9-10-11-12-13-14-15-16-17-18-19-23(26)25-22(24(27)28)20-21(2)3/h11-12,21-22H,4-10,13-20H2,1-3H3,(H,25,26)(H,27,28)/b12-11+. The molecule has 4 heteroatoms. The van der Waals surface area contributed by atoms with E-state index in [-0.39, 0.29) is 11.8 Å². The first-order valence-corrected chi connectivity index (χ1v) is 11.6. The third-order valence-corrected chi connectivity index (χ3v) is 5.01. The molecule has 0 aliphatic rings. The number of carboxylic acid groups (broad SMARTS) is 1. The number of nitrogens with one attached hydrogen (secondary N) is 1. The highest BCUT2D eigenvalue weighted by Crippen LogP contribution is 2.10. The van der Waals surface area contributed by atoms with Crippen LogP contribution in [-0.2, 0) is 9.59 Å². The molecule has 164 valence electrons. The van der Waals surface area contributed by atoms with E-state index in [9.17, 15) is 9.59 Å². The second-order valence-electron chi connectivity index (χ2n) is 8.42. The van der Waals surface area contributed by atoms with E-state index < -0.39 is 12.0 Å². The van der Waals surface area contributed by atoms with Crippen LogP contribution in [-0.4, -0.2) is 23.0 Å². The van der Waals surface area contributed by atoms with E-state index in [1.165, 1.54) is 57.8 Å². The van der Waals surface area contributed by atoms with Gasteiger partial charge in [0.1, 0.15) is 6.04 Å². The Morgan fingerprint density at radius 2 is 1.32 bits per heavy atom. The van der Waals surface area contributed by atoms with Crippen LogP contribution in [0.3, 0.4) is 0 Å². The third kappa shape index (κ3) is 18.1. The van der Waals surface area contributed by atoms with Crippen LogP contribution in [0.1, 0.15) is 117 Å². The van der Waals surface area contributed by atoms with Crippen molar-refractivity contribution in [3.8, 4) is 0 Å². The van der Waals surface area contributed by atoms with Crippen LogP contribution in [0, 0.1) is 5.92 Å². The normalized spacial score (nSPS) is 12.6. The average molecular weight is 396 g/mol. The molecule has 0 fully saturated rings. The van der Waals surface area contributed by atoms with Gasteiger partial charge in [-0.05, 0) is 44.4 Å². The number of aliphatic carboxylic acids is 1. The number of unbranched alkanes of at least 4 members (excludes halogenated alkanes) is 11. The second kappa shape index (κ2) is 19.0. The molecule has 1 unspecified atom stereocenters. The van der Waals surface area contributed by atoms with E-state index in [1.54, 1.807) is 0 Å². The van der Waals surface area contributed by atoms with Crippen LogP contribution in [0.25, 0.3) is 0 Å². The fraction of sp³-hybridized carbons (Fsp3) is 0.833. The van der Waals surface area contributed by atoms with Crippen molar-refractivity contribution in [2.45, 2.75) is 123 Å². The van der Waals surface area contributed by atoms with Crippen molar-refractivity contribution in [2.24, 2.45) is 5.92 Å². The van der Waals surface area contributed by atoms with Crippen LogP contribution in [0.5, 0.6) is 0 Å². The van der Waals surface area contributed by atoms with Gasteiger partial charge in [-0.25, -0.2) is 4.79 Å². The summed E-state index contributed by atoms with van der Waals surface area (Å²) in [5, 5.41) is 11.8.